The number of H-pyrrole nitrogens is 1. The van der Waals surface area contributed by atoms with Crippen LogP contribution in [0, 0.1) is 17.5 Å². The highest BCUT2D eigenvalue weighted by molar-refractivity contribution is 6.35. The number of hydrogen-bond acceptors (Lipinski definition) is 2. The first kappa shape index (κ1) is 17.4. The summed E-state index contributed by atoms with van der Waals surface area (Å²) in [5, 5.41) is 3.55. The molecule has 0 saturated heterocycles. The van der Waals surface area contributed by atoms with Gasteiger partial charge < -0.3 is 10.3 Å². The van der Waals surface area contributed by atoms with Crippen molar-refractivity contribution in [1.29, 1.82) is 0 Å². The summed E-state index contributed by atoms with van der Waals surface area (Å²) in [7, 11) is 1.51. The van der Waals surface area contributed by atoms with Crippen LogP contribution in [-0.4, -0.2) is 22.9 Å². The standard InChI is InChI=1S/C19H11ClF3N3O/c1-24-19(27)9-2-4-12(20)17-8(9)3-5-14(26-17)11-7-25-18-10(11)6-13(21)15(22)16(18)23/h2-7,25H,1H3,(H,24,27). The van der Waals surface area contributed by atoms with Crippen molar-refractivity contribution in [2.45, 2.75) is 0 Å². The molecule has 2 aromatic heterocycles. The molecule has 0 unspecified atom stereocenters. The molecule has 0 bridgehead atoms. The van der Waals surface area contributed by atoms with E-state index in [2.05, 4.69) is 15.3 Å². The van der Waals surface area contributed by atoms with Crippen molar-refractivity contribution in [3.8, 4) is 11.3 Å². The van der Waals surface area contributed by atoms with Crippen LogP contribution in [0.15, 0.2) is 36.5 Å². The number of hydrogen-bond donors (Lipinski definition) is 2. The molecule has 136 valence electrons. The number of carbonyl (C=O) groups excluding carboxylic acids is 1. The van der Waals surface area contributed by atoms with Gasteiger partial charge in [0.2, 0.25) is 0 Å². The summed E-state index contributed by atoms with van der Waals surface area (Å²) in [5.41, 5.74) is 1.36. The molecular weight excluding hydrogens is 379 g/mol. The summed E-state index contributed by atoms with van der Waals surface area (Å²) in [5.74, 6) is -4.42. The first-order valence-corrected chi connectivity index (χ1v) is 8.26. The van der Waals surface area contributed by atoms with Gasteiger partial charge in [0.1, 0.15) is 0 Å². The molecule has 0 radical (unpaired) electrons. The second-order valence-corrected chi connectivity index (χ2v) is 6.29. The van der Waals surface area contributed by atoms with E-state index in [0.29, 0.717) is 32.7 Å². The smallest absolute Gasteiger partial charge is 0.251 e. The molecule has 2 N–H and O–H groups in total. The number of amides is 1. The summed E-state index contributed by atoms with van der Waals surface area (Å²) in [4.78, 5) is 19.1. The third kappa shape index (κ3) is 2.62. The van der Waals surface area contributed by atoms with Crippen molar-refractivity contribution in [3.63, 3.8) is 0 Å². The summed E-state index contributed by atoms with van der Waals surface area (Å²) in [6, 6.07) is 7.31. The van der Waals surface area contributed by atoms with Crippen LogP contribution in [0.1, 0.15) is 10.4 Å². The van der Waals surface area contributed by atoms with Crippen LogP contribution in [0.4, 0.5) is 13.2 Å². The van der Waals surface area contributed by atoms with Gasteiger partial charge in [-0.05, 0) is 30.3 Å². The van der Waals surface area contributed by atoms with E-state index in [4.69, 9.17) is 11.6 Å². The third-order valence-corrected chi connectivity index (χ3v) is 4.67. The zero-order chi connectivity index (χ0) is 19.3. The minimum Gasteiger partial charge on any atom is -0.358 e. The summed E-state index contributed by atoms with van der Waals surface area (Å²) in [6.07, 6.45) is 1.41. The molecule has 0 aliphatic heterocycles. The summed E-state index contributed by atoms with van der Waals surface area (Å²) in [6.45, 7) is 0. The molecule has 0 spiro atoms. The van der Waals surface area contributed by atoms with E-state index in [0.717, 1.165) is 6.07 Å². The van der Waals surface area contributed by atoms with Gasteiger partial charge in [-0.25, -0.2) is 18.2 Å². The molecule has 4 aromatic rings. The molecule has 0 aliphatic carbocycles. The second kappa shape index (κ2) is 6.28. The lowest BCUT2D eigenvalue weighted by atomic mass is 10.0. The number of aromatic nitrogens is 2. The average Bonchev–Trinajstić information content (AvgIpc) is 3.09. The van der Waals surface area contributed by atoms with Crippen LogP contribution in [0.3, 0.4) is 0 Å². The van der Waals surface area contributed by atoms with Gasteiger partial charge in [0, 0.05) is 35.1 Å². The minimum absolute atomic E-state index is 0.150. The Balaban J connectivity index is 1.97. The lowest BCUT2D eigenvalue weighted by molar-refractivity contribution is 0.0964. The van der Waals surface area contributed by atoms with Crippen LogP contribution in [0.25, 0.3) is 33.1 Å². The second-order valence-electron chi connectivity index (χ2n) is 5.88. The van der Waals surface area contributed by atoms with Crippen LogP contribution < -0.4 is 5.32 Å². The van der Waals surface area contributed by atoms with Crippen molar-refractivity contribution in [2.75, 3.05) is 7.05 Å². The number of nitrogens with zero attached hydrogens (tertiary/aromatic N) is 1. The van der Waals surface area contributed by atoms with E-state index in [1.54, 1.807) is 24.3 Å². The average molecular weight is 390 g/mol. The molecule has 0 aliphatic rings. The van der Waals surface area contributed by atoms with Gasteiger partial charge in [-0.1, -0.05) is 11.6 Å². The van der Waals surface area contributed by atoms with E-state index in [1.165, 1.54) is 13.2 Å². The zero-order valence-electron chi connectivity index (χ0n) is 13.8. The van der Waals surface area contributed by atoms with Crippen LogP contribution >= 0.6 is 11.6 Å². The van der Waals surface area contributed by atoms with Crippen molar-refractivity contribution < 1.29 is 18.0 Å². The van der Waals surface area contributed by atoms with E-state index < -0.39 is 17.5 Å². The molecule has 2 heterocycles. The van der Waals surface area contributed by atoms with Gasteiger partial charge in [0.15, 0.2) is 17.5 Å². The topological polar surface area (TPSA) is 57.8 Å². The normalized spacial score (nSPS) is 11.3. The molecule has 1 amide bonds. The van der Waals surface area contributed by atoms with Gasteiger partial charge in [0.05, 0.1) is 21.7 Å². The van der Waals surface area contributed by atoms with Gasteiger partial charge in [-0.2, -0.15) is 0 Å². The maximum absolute atomic E-state index is 14.0. The van der Waals surface area contributed by atoms with Crippen molar-refractivity contribution in [2.24, 2.45) is 0 Å². The molecule has 27 heavy (non-hydrogen) atoms. The first-order valence-electron chi connectivity index (χ1n) is 7.88. The maximum atomic E-state index is 14.0. The van der Waals surface area contributed by atoms with Crippen molar-refractivity contribution in [1.82, 2.24) is 15.3 Å². The van der Waals surface area contributed by atoms with Crippen LogP contribution in [0.5, 0.6) is 0 Å². The Labute approximate surface area is 156 Å². The predicted molar refractivity (Wildman–Crippen MR) is 97.3 cm³/mol. The fourth-order valence-corrected chi connectivity index (χ4v) is 3.26. The molecular formula is C19H11ClF3N3O. The number of halogens is 4. The highest BCUT2D eigenvalue weighted by atomic mass is 35.5. The minimum atomic E-state index is -1.54. The number of pyridine rings is 1. The number of aromatic amines is 1. The lowest BCUT2D eigenvalue weighted by Gasteiger charge is -2.08. The van der Waals surface area contributed by atoms with Gasteiger partial charge in [-0.15, -0.1) is 0 Å². The Morgan fingerprint density at radius 2 is 1.89 bits per heavy atom. The lowest BCUT2D eigenvalue weighted by Crippen LogP contribution is -2.18. The molecule has 2 aromatic carbocycles. The number of nitrogens with one attached hydrogen (secondary N) is 2. The molecule has 4 nitrogen and oxygen atoms in total. The Morgan fingerprint density at radius 3 is 2.63 bits per heavy atom. The molecule has 0 saturated carbocycles. The van der Waals surface area contributed by atoms with Crippen LogP contribution in [0.2, 0.25) is 5.02 Å². The Bertz CT molecular complexity index is 1240. The number of rotatable bonds is 2. The monoisotopic (exact) mass is 389 g/mol. The predicted octanol–water partition coefficient (Wildman–Crippen LogP) is 4.81. The number of carbonyl (C=O) groups is 1. The molecule has 4 rings (SSSR count). The van der Waals surface area contributed by atoms with Crippen molar-refractivity contribution in [3.05, 3.63) is 64.6 Å². The largest absolute Gasteiger partial charge is 0.358 e. The van der Waals surface area contributed by atoms with Crippen LogP contribution in [-0.2, 0) is 0 Å². The Hall–Kier alpha value is -3.06. The highest BCUT2D eigenvalue weighted by Crippen LogP contribution is 2.33. The van der Waals surface area contributed by atoms with Crippen molar-refractivity contribution >= 4 is 39.3 Å². The fourth-order valence-electron chi connectivity index (χ4n) is 3.05. The van der Waals surface area contributed by atoms with Gasteiger partial charge in [-0.3, -0.25) is 4.79 Å². The first-order chi connectivity index (χ1) is 12.9. The van der Waals surface area contributed by atoms with E-state index >= 15 is 0 Å². The zero-order valence-corrected chi connectivity index (χ0v) is 14.6. The SMILES string of the molecule is CNC(=O)c1ccc(Cl)c2nc(-c3c[nH]c4c(F)c(F)c(F)cc34)ccc12. The summed E-state index contributed by atoms with van der Waals surface area (Å²) < 4.78 is 41.1. The fraction of sp³-hybridized carbons (Fsp3) is 0.0526. The Kier molecular flexibility index (Phi) is 4.04. The molecule has 0 fully saturated rings. The summed E-state index contributed by atoms with van der Waals surface area (Å²) >= 11 is 6.23. The van der Waals surface area contributed by atoms with E-state index in [1.807, 2.05) is 0 Å². The van der Waals surface area contributed by atoms with E-state index in [9.17, 15) is 18.0 Å². The molecule has 0 atom stereocenters. The quantitative estimate of drug-likeness (QED) is 0.483. The van der Waals surface area contributed by atoms with Gasteiger partial charge in [0.25, 0.3) is 5.91 Å². The van der Waals surface area contributed by atoms with E-state index in [-0.39, 0.29) is 16.8 Å². The van der Waals surface area contributed by atoms with Gasteiger partial charge >= 0.3 is 0 Å². The maximum Gasteiger partial charge on any atom is 0.251 e. The number of fused-ring (bicyclic) bond motifs is 2. The highest BCUT2D eigenvalue weighted by Gasteiger charge is 2.19. The third-order valence-electron chi connectivity index (χ3n) is 4.37. The number of benzene rings is 2. The molecule has 8 heteroatoms. The Morgan fingerprint density at radius 1 is 1.11 bits per heavy atom.